The van der Waals surface area contributed by atoms with E-state index in [4.69, 9.17) is 4.74 Å². The van der Waals surface area contributed by atoms with E-state index in [0.29, 0.717) is 25.1 Å². The summed E-state index contributed by atoms with van der Waals surface area (Å²) in [5.74, 6) is -0.0724. The summed E-state index contributed by atoms with van der Waals surface area (Å²) in [6, 6.07) is 5.22. The quantitative estimate of drug-likeness (QED) is 0.861. The molecular formula is C15H20FNO3S. The van der Waals surface area contributed by atoms with E-state index in [-0.39, 0.29) is 4.90 Å². The van der Waals surface area contributed by atoms with Gasteiger partial charge in [-0.15, -0.1) is 0 Å². The molecular weight excluding hydrogens is 293 g/mol. The third-order valence-corrected chi connectivity index (χ3v) is 6.32. The van der Waals surface area contributed by atoms with Crippen molar-refractivity contribution >= 4 is 10.0 Å². The lowest BCUT2D eigenvalue weighted by Gasteiger charge is -2.33. The molecule has 21 heavy (non-hydrogen) atoms. The molecule has 0 spiro atoms. The maximum atomic E-state index is 13.2. The summed E-state index contributed by atoms with van der Waals surface area (Å²) >= 11 is 0. The number of halogens is 1. The van der Waals surface area contributed by atoms with Crippen LogP contribution in [0.25, 0.3) is 0 Å². The van der Waals surface area contributed by atoms with Crippen LogP contribution in [-0.2, 0) is 14.8 Å². The Balaban J connectivity index is 1.68. The molecule has 0 aromatic heterocycles. The molecule has 2 aliphatic heterocycles. The van der Waals surface area contributed by atoms with Gasteiger partial charge in [-0.2, -0.15) is 4.31 Å². The molecule has 116 valence electrons. The number of hydrogen-bond acceptors (Lipinski definition) is 3. The van der Waals surface area contributed by atoms with E-state index in [1.807, 2.05) is 0 Å². The molecule has 2 heterocycles. The Hall–Kier alpha value is -0.980. The van der Waals surface area contributed by atoms with E-state index in [9.17, 15) is 12.8 Å². The number of rotatable bonds is 3. The Bertz CT molecular complexity index is 591. The molecule has 2 aliphatic rings. The fraction of sp³-hybridized carbons (Fsp3) is 0.600. The Labute approximate surface area is 125 Å². The molecule has 0 amide bonds. The average molecular weight is 313 g/mol. The van der Waals surface area contributed by atoms with Crippen molar-refractivity contribution in [1.82, 2.24) is 4.31 Å². The first kappa shape index (κ1) is 14.9. The molecule has 1 atom stereocenters. The number of nitrogens with zero attached hydrogens (tertiary/aromatic N) is 1. The van der Waals surface area contributed by atoms with Crippen molar-refractivity contribution in [1.29, 1.82) is 0 Å². The van der Waals surface area contributed by atoms with Crippen LogP contribution in [0.4, 0.5) is 4.39 Å². The number of sulfonamides is 1. The smallest absolute Gasteiger partial charge is 0.243 e. The molecule has 0 saturated carbocycles. The summed E-state index contributed by atoms with van der Waals surface area (Å²) in [5, 5.41) is 0. The predicted molar refractivity (Wildman–Crippen MR) is 76.9 cm³/mol. The number of hydrogen-bond donors (Lipinski definition) is 0. The minimum absolute atomic E-state index is 0.0399. The van der Waals surface area contributed by atoms with E-state index >= 15 is 0 Å². The highest BCUT2D eigenvalue weighted by atomic mass is 32.2. The monoisotopic (exact) mass is 313 g/mol. The van der Waals surface area contributed by atoms with Gasteiger partial charge in [0.1, 0.15) is 5.82 Å². The van der Waals surface area contributed by atoms with Gasteiger partial charge in [-0.1, -0.05) is 6.07 Å². The van der Waals surface area contributed by atoms with Gasteiger partial charge in [-0.25, -0.2) is 12.8 Å². The van der Waals surface area contributed by atoms with E-state index in [1.165, 1.54) is 22.5 Å². The van der Waals surface area contributed by atoms with Crippen molar-refractivity contribution < 1.29 is 17.5 Å². The summed E-state index contributed by atoms with van der Waals surface area (Å²) in [4.78, 5) is 0.0399. The lowest BCUT2D eigenvalue weighted by molar-refractivity contribution is 0.0425. The molecule has 0 bridgehead atoms. The van der Waals surface area contributed by atoms with Gasteiger partial charge < -0.3 is 4.74 Å². The lowest BCUT2D eigenvalue weighted by atomic mass is 9.91. The van der Waals surface area contributed by atoms with Gasteiger partial charge in [0.05, 0.1) is 11.0 Å². The SMILES string of the molecule is O=S(=O)(c1cccc(F)c1)N1CCC([C@H]2CCCO2)CC1. The molecule has 0 N–H and O–H groups in total. The summed E-state index contributed by atoms with van der Waals surface area (Å²) in [7, 11) is -3.58. The van der Waals surface area contributed by atoms with Gasteiger partial charge in [-0.05, 0) is 49.8 Å². The van der Waals surface area contributed by atoms with Crippen molar-refractivity contribution in [3.63, 3.8) is 0 Å². The van der Waals surface area contributed by atoms with Crippen LogP contribution in [0.3, 0.4) is 0 Å². The van der Waals surface area contributed by atoms with Crippen LogP contribution in [0, 0.1) is 11.7 Å². The van der Waals surface area contributed by atoms with Crippen molar-refractivity contribution in [2.24, 2.45) is 5.92 Å². The molecule has 4 nitrogen and oxygen atoms in total. The van der Waals surface area contributed by atoms with Crippen LogP contribution in [0.5, 0.6) is 0 Å². The van der Waals surface area contributed by atoms with E-state index in [1.54, 1.807) is 0 Å². The second-order valence-electron chi connectivity index (χ2n) is 5.75. The standard InChI is InChI=1S/C15H20FNO3S/c16-13-3-1-4-14(11-13)21(18,19)17-8-6-12(7-9-17)15-5-2-10-20-15/h1,3-4,11-12,15H,2,5-10H2/t15-/m1/s1. The Morgan fingerprint density at radius 3 is 2.57 bits per heavy atom. The normalized spacial score (nSPS) is 25.3. The number of ether oxygens (including phenoxy) is 1. The molecule has 1 aromatic carbocycles. The summed E-state index contributed by atoms with van der Waals surface area (Å²) < 4.78 is 45.4. The molecule has 2 saturated heterocycles. The van der Waals surface area contributed by atoms with Gasteiger partial charge in [0, 0.05) is 19.7 Å². The third-order valence-electron chi connectivity index (χ3n) is 4.42. The first-order valence-corrected chi connectivity index (χ1v) is 8.89. The van der Waals surface area contributed by atoms with Gasteiger partial charge in [0.2, 0.25) is 10.0 Å². The Kier molecular flexibility index (Phi) is 4.28. The molecule has 0 radical (unpaired) electrons. The minimum atomic E-state index is -3.58. The second kappa shape index (κ2) is 6.02. The molecule has 0 aliphatic carbocycles. The highest BCUT2D eigenvalue weighted by Crippen LogP contribution is 2.31. The summed E-state index contributed by atoms with van der Waals surface area (Å²) in [6.45, 7) is 1.80. The Morgan fingerprint density at radius 1 is 1.19 bits per heavy atom. The van der Waals surface area contributed by atoms with Crippen molar-refractivity contribution in [3.05, 3.63) is 30.1 Å². The number of piperidine rings is 1. The zero-order valence-corrected chi connectivity index (χ0v) is 12.7. The molecule has 0 unspecified atom stereocenters. The van der Waals surface area contributed by atoms with Crippen LogP contribution < -0.4 is 0 Å². The summed E-state index contributed by atoms with van der Waals surface area (Å²) in [5.41, 5.74) is 0. The first-order valence-electron chi connectivity index (χ1n) is 7.45. The van der Waals surface area contributed by atoms with E-state index in [0.717, 1.165) is 38.4 Å². The second-order valence-corrected chi connectivity index (χ2v) is 7.69. The van der Waals surface area contributed by atoms with Gasteiger partial charge >= 0.3 is 0 Å². The van der Waals surface area contributed by atoms with Gasteiger partial charge in [0.25, 0.3) is 0 Å². The average Bonchev–Trinajstić information content (AvgIpc) is 3.02. The summed E-state index contributed by atoms with van der Waals surface area (Å²) in [6.07, 6.45) is 4.12. The highest BCUT2D eigenvalue weighted by molar-refractivity contribution is 7.89. The third kappa shape index (κ3) is 3.12. The van der Waals surface area contributed by atoms with Crippen molar-refractivity contribution in [3.8, 4) is 0 Å². The molecule has 2 fully saturated rings. The van der Waals surface area contributed by atoms with Crippen LogP contribution in [-0.4, -0.2) is 38.5 Å². The zero-order valence-electron chi connectivity index (χ0n) is 11.9. The molecule has 6 heteroatoms. The minimum Gasteiger partial charge on any atom is -0.378 e. The molecule has 1 aromatic rings. The maximum absolute atomic E-state index is 13.2. The van der Waals surface area contributed by atoms with E-state index in [2.05, 4.69) is 0 Å². The lowest BCUT2D eigenvalue weighted by Crippen LogP contribution is -2.41. The van der Waals surface area contributed by atoms with Crippen molar-refractivity contribution in [2.75, 3.05) is 19.7 Å². The van der Waals surface area contributed by atoms with Crippen molar-refractivity contribution in [2.45, 2.75) is 36.7 Å². The van der Waals surface area contributed by atoms with Gasteiger partial charge in [-0.3, -0.25) is 0 Å². The van der Waals surface area contributed by atoms with Crippen LogP contribution in [0.2, 0.25) is 0 Å². The largest absolute Gasteiger partial charge is 0.378 e. The predicted octanol–water partition coefficient (Wildman–Crippen LogP) is 2.41. The van der Waals surface area contributed by atoms with Crippen LogP contribution >= 0.6 is 0 Å². The zero-order chi connectivity index (χ0) is 14.9. The highest BCUT2D eigenvalue weighted by Gasteiger charge is 2.34. The van der Waals surface area contributed by atoms with Crippen LogP contribution in [0.15, 0.2) is 29.2 Å². The topological polar surface area (TPSA) is 46.6 Å². The maximum Gasteiger partial charge on any atom is 0.243 e. The van der Waals surface area contributed by atoms with Crippen LogP contribution in [0.1, 0.15) is 25.7 Å². The molecule has 3 rings (SSSR count). The Morgan fingerprint density at radius 2 is 1.95 bits per heavy atom. The van der Waals surface area contributed by atoms with Gasteiger partial charge in [0.15, 0.2) is 0 Å². The fourth-order valence-electron chi connectivity index (χ4n) is 3.24. The fourth-order valence-corrected chi connectivity index (χ4v) is 4.74. The van der Waals surface area contributed by atoms with E-state index < -0.39 is 15.8 Å². The number of benzene rings is 1. The first-order chi connectivity index (χ1) is 10.1.